The Morgan fingerprint density at radius 1 is 1.25 bits per heavy atom. The molecule has 0 spiro atoms. The number of nitrogens with one attached hydrogen (secondary N) is 2. The van der Waals surface area contributed by atoms with Gasteiger partial charge in [-0.05, 0) is 43.5 Å². The van der Waals surface area contributed by atoms with Crippen LogP contribution in [0.4, 0.5) is 5.95 Å². The highest BCUT2D eigenvalue weighted by Crippen LogP contribution is 2.20. The van der Waals surface area contributed by atoms with Crippen LogP contribution in [0.2, 0.25) is 0 Å². The molecule has 162 valence electrons. The molecule has 0 aliphatic carbocycles. The van der Waals surface area contributed by atoms with Crippen molar-refractivity contribution in [1.82, 2.24) is 14.9 Å². The predicted octanol–water partition coefficient (Wildman–Crippen LogP) is 4.13. The van der Waals surface area contributed by atoms with Crippen molar-refractivity contribution in [3.63, 3.8) is 0 Å². The Hall–Kier alpha value is -3.76. The zero-order valence-electron chi connectivity index (χ0n) is 18.1. The van der Waals surface area contributed by atoms with Gasteiger partial charge in [-0.2, -0.15) is 10.4 Å². The fourth-order valence-electron chi connectivity index (χ4n) is 4.00. The molecule has 0 amide bonds. The molecule has 32 heavy (non-hydrogen) atoms. The molecule has 4 rings (SSSR count). The minimum absolute atomic E-state index is 0.0228. The van der Waals surface area contributed by atoms with E-state index in [1.807, 2.05) is 48.5 Å². The van der Waals surface area contributed by atoms with E-state index in [4.69, 9.17) is 0 Å². The van der Waals surface area contributed by atoms with Crippen LogP contribution in [0.15, 0.2) is 64.5 Å². The third-order valence-corrected chi connectivity index (χ3v) is 5.74. The van der Waals surface area contributed by atoms with Gasteiger partial charge in [-0.3, -0.25) is 14.7 Å². The molecule has 1 unspecified atom stereocenters. The second kappa shape index (κ2) is 10.0. The van der Waals surface area contributed by atoms with Gasteiger partial charge in [0.2, 0.25) is 5.95 Å². The minimum Gasteiger partial charge on any atom is -0.296 e. The highest BCUT2D eigenvalue weighted by Gasteiger charge is 2.18. The second-order valence-corrected chi connectivity index (χ2v) is 8.05. The second-order valence-electron chi connectivity index (χ2n) is 8.05. The van der Waals surface area contributed by atoms with Crippen molar-refractivity contribution in [2.24, 2.45) is 5.10 Å². The van der Waals surface area contributed by atoms with E-state index < -0.39 is 5.56 Å². The highest BCUT2D eigenvalue weighted by molar-refractivity contribution is 5.80. The normalized spacial score (nSPS) is 16.7. The molecule has 1 aliphatic rings. The average molecular weight is 427 g/mol. The van der Waals surface area contributed by atoms with Gasteiger partial charge in [-0.25, -0.2) is 10.4 Å². The number of nitrogens with zero attached hydrogens (tertiary/aromatic N) is 4. The van der Waals surface area contributed by atoms with Gasteiger partial charge in [0.25, 0.3) is 5.56 Å². The van der Waals surface area contributed by atoms with E-state index in [0.29, 0.717) is 17.3 Å². The largest absolute Gasteiger partial charge is 0.296 e. The Bertz CT molecular complexity index is 1200. The van der Waals surface area contributed by atoms with Crippen LogP contribution in [0.3, 0.4) is 0 Å². The summed E-state index contributed by atoms with van der Waals surface area (Å²) in [6, 6.07) is 20.0. The van der Waals surface area contributed by atoms with E-state index in [1.54, 1.807) is 6.21 Å². The first-order chi connectivity index (χ1) is 15.6. The lowest BCUT2D eigenvalue weighted by Crippen LogP contribution is -2.36. The van der Waals surface area contributed by atoms with Crippen LogP contribution in [-0.2, 0) is 6.54 Å². The number of H-pyrrole nitrogens is 1. The summed E-state index contributed by atoms with van der Waals surface area (Å²) in [7, 11) is 0. The monoisotopic (exact) mass is 426 g/mol. The SMILES string of the molecule is CC1CCCCN1Cc1cccc(C=NNc2nc(-c3ccccc3)c(C#N)c(=O)[nH]2)c1. The summed E-state index contributed by atoms with van der Waals surface area (Å²) < 4.78 is 0. The number of nitriles is 1. The van der Waals surface area contributed by atoms with Crippen LogP contribution in [0.5, 0.6) is 0 Å². The summed E-state index contributed by atoms with van der Waals surface area (Å²) in [6.45, 7) is 4.37. The van der Waals surface area contributed by atoms with Crippen molar-refractivity contribution in [1.29, 1.82) is 5.26 Å². The molecule has 2 heterocycles. The van der Waals surface area contributed by atoms with E-state index in [9.17, 15) is 10.1 Å². The van der Waals surface area contributed by atoms with Gasteiger partial charge in [0.05, 0.1) is 11.9 Å². The molecule has 1 aromatic heterocycles. The van der Waals surface area contributed by atoms with Gasteiger partial charge >= 0.3 is 0 Å². The van der Waals surface area contributed by atoms with Crippen molar-refractivity contribution in [2.45, 2.75) is 38.8 Å². The van der Waals surface area contributed by atoms with Gasteiger partial charge < -0.3 is 0 Å². The van der Waals surface area contributed by atoms with Gasteiger partial charge in [-0.15, -0.1) is 0 Å². The number of aromatic amines is 1. The number of aromatic nitrogens is 2. The maximum atomic E-state index is 12.3. The molecular weight excluding hydrogens is 400 g/mol. The van der Waals surface area contributed by atoms with Crippen LogP contribution in [0.25, 0.3) is 11.3 Å². The van der Waals surface area contributed by atoms with Gasteiger partial charge in [0.1, 0.15) is 11.6 Å². The zero-order valence-corrected chi connectivity index (χ0v) is 18.1. The maximum Gasteiger partial charge on any atom is 0.270 e. The molecule has 2 aromatic carbocycles. The smallest absolute Gasteiger partial charge is 0.270 e. The fourth-order valence-corrected chi connectivity index (χ4v) is 4.00. The quantitative estimate of drug-likeness (QED) is 0.456. The van der Waals surface area contributed by atoms with Crippen LogP contribution in [-0.4, -0.2) is 33.7 Å². The first-order valence-electron chi connectivity index (χ1n) is 10.9. The Balaban J connectivity index is 1.49. The van der Waals surface area contributed by atoms with E-state index in [2.05, 4.69) is 44.5 Å². The van der Waals surface area contributed by atoms with Gasteiger partial charge in [0.15, 0.2) is 0 Å². The number of hydrazone groups is 1. The molecule has 1 aliphatic heterocycles. The van der Waals surface area contributed by atoms with E-state index in [1.165, 1.54) is 24.8 Å². The van der Waals surface area contributed by atoms with E-state index in [0.717, 1.165) is 18.7 Å². The van der Waals surface area contributed by atoms with Crippen molar-refractivity contribution in [3.05, 3.63) is 81.6 Å². The molecule has 1 saturated heterocycles. The first-order valence-corrected chi connectivity index (χ1v) is 10.9. The molecule has 7 nitrogen and oxygen atoms in total. The lowest BCUT2D eigenvalue weighted by Gasteiger charge is -2.33. The Kier molecular flexibility index (Phi) is 6.73. The summed E-state index contributed by atoms with van der Waals surface area (Å²) in [4.78, 5) is 21.8. The van der Waals surface area contributed by atoms with Crippen molar-refractivity contribution >= 4 is 12.2 Å². The molecule has 0 saturated carbocycles. The molecule has 3 aromatic rings. The summed E-state index contributed by atoms with van der Waals surface area (Å²) >= 11 is 0. The van der Waals surface area contributed by atoms with Crippen molar-refractivity contribution in [3.8, 4) is 17.3 Å². The number of anilines is 1. The van der Waals surface area contributed by atoms with Crippen LogP contribution in [0.1, 0.15) is 42.9 Å². The number of hydrogen-bond donors (Lipinski definition) is 2. The van der Waals surface area contributed by atoms with Crippen LogP contribution >= 0.6 is 0 Å². The van der Waals surface area contributed by atoms with E-state index in [-0.39, 0.29) is 11.5 Å². The fraction of sp³-hybridized carbons (Fsp3) is 0.280. The number of rotatable bonds is 6. The first kappa shape index (κ1) is 21.5. The summed E-state index contributed by atoms with van der Waals surface area (Å²) in [5, 5.41) is 13.6. The summed E-state index contributed by atoms with van der Waals surface area (Å²) in [5.41, 5.74) is 5.49. The van der Waals surface area contributed by atoms with Gasteiger partial charge in [-0.1, -0.05) is 55.0 Å². The molecule has 7 heteroatoms. The Morgan fingerprint density at radius 2 is 2.09 bits per heavy atom. The van der Waals surface area contributed by atoms with Crippen LogP contribution in [0, 0.1) is 11.3 Å². The topological polar surface area (TPSA) is 97.2 Å². The molecule has 0 radical (unpaired) electrons. The molecular formula is C25H26N6O. The summed E-state index contributed by atoms with van der Waals surface area (Å²) in [6.07, 6.45) is 5.53. The number of likely N-dealkylation sites (tertiary alicyclic amines) is 1. The third-order valence-electron chi connectivity index (χ3n) is 5.74. The lowest BCUT2D eigenvalue weighted by molar-refractivity contribution is 0.152. The zero-order chi connectivity index (χ0) is 22.3. The predicted molar refractivity (Wildman–Crippen MR) is 126 cm³/mol. The molecule has 2 N–H and O–H groups in total. The van der Waals surface area contributed by atoms with Crippen LogP contribution < -0.4 is 11.0 Å². The van der Waals surface area contributed by atoms with Gasteiger partial charge in [0, 0.05) is 18.2 Å². The average Bonchev–Trinajstić information content (AvgIpc) is 2.81. The third kappa shape index (κ3) is 5.10. The number of hydrogen-bond acceptors (Lipinski definition) is 6. The van der Waals surface area contributed by atoms with Crippen molar-refractivity contribution in [2.75, 3.05) is 12.0 Å². The number of benzene rings is 2. The Labute approximate surface area is 187 Å². The lowest BCUT2D eigenvalue weighted by atomic mass is 10.0. The Morgan fingerprint density at radius 3 is 2.88 bits per heavy atom. The minimum atomic E-state index is -0.503. The number of piperidine rings is 1. The highest BCUT2D eigenvalue weighted by atomic mass is 16.1. The maximum absolute atomic E-state index is 12.3. The molecule has 0 bridgehead atoms. The standard InChI is InChI=1S/C25H26N6O/c1-18-8-5-6-13-31(18)17-20-10-7-9-19(14-20)16-27-30-25-28-23(21-11-3-2-4-12-21)22(15-26)24(32)29-25/h2-4,7,9-12,14,16,18H,5-6,8,13,17H2,1H3,(H2,28,29,30,32). The summed E-state index contributed by atoms with van der Waals surface area (Å²) in [5.74, 6) is 0.183. The van der Waals surface area contributed by atoms with Crippen molar-refractivity contribution < 1.29 is 0 Å². The van der Waals surface area contributed by atoms with E-state index >= 15 is 0 Å². The molecule has 1 atom stereocenters. The molecule has 1 fully saturated rings.